The van der Waals surface area contributed by atoms with Gasteiger partial charge in [-0.3, -0.25) is 0 Å². The van der Waals surface area contributed by atoms with Crippen molar-refractivity contribution in [3.63, 3.8) is 0 Å². The fourth-order valence-electron chi connectivity index (χ4n) is 2.27. The number of aromatic nitrogens is 1. The molecule has 0 saturated heterocycles. The Balaban J connectivity index is 2.08. The van der Waals surface area contributed by atoms with E-state index in [0.717, 1.165) is 17.3 Å². The molecule has 0 radical (unpaired) electrons. The third-order valence-electron chi connectivity index (χ3n) is 3.22. The van der Waals surface area contributed by atoms with Gasteiger partial charge in [-0.2, -0.15) is 0 Å². The first kappa shape index (κ1) is 13.5. The van der Waals surface area contributed by atoms with E-state index in [-0.39, 0.29) is 27.0 Å². The average molecular weight is 378 g/mol. The van der Waals surface area contributed by atoms with Crippen molar-refractivity contribution in [1.82, 2.24) is 4.98 Å². The molecule has 1 nitrogen and oxygen atoms in total. The molecule has 3 aromatic rings. The molecule has 1 aromatic heterocycles. The zero-order chi connectivity index (χ0) is 13.9. The van der Waals surface area contributed by atoms with Crippen LogP contribution < -0.4 is 21.2 Å². The van der Waals surface area contributed by atoms with E-state index in [1.807, 2.05) is 18.2 Å². The molecule has 20 heavy (non-hydrogen) atoms. The van der Waals surface area contributed by atoms with Crippen LogP contribution in [-0.4, -0.2) is 9.91 Å². The molecule has 102 valence electrons. The number of fused-ring (bicyclic) bond motifs is 1. The van der Waals surface area contributed by atoms with Crippen molar-refractivity contribution >= 4 is 10.9 Å². The number of benzene rings is 2. The van der Waals surface area contributed by atoms with Gasteiger partial charge in [-0.05, 0) is 0 Å². The molecule has 1 heterocycles. The maximum atomic E-state index is 13.4. The van der Waals surface area contributed by atoms with Crippen LogP contribution in [-0.2, 0) is 6.42 Å². The zero-order valence-electron chi connectivity index (χ0n) is 11.1. The summed E-state index contributed by atoms with van der Waals surface area (Å²) in [5.74, 6) is -0.205. The van der Waals surface area contributed by atoms with Crippen molar-refractivity contribution in [2.24, 2.45) is 0 Å². The quantitative estimate of drug-likeness (QED) is 0.374. The fourth-order valence-corrected chi connectivity index (χ4v) is 3.81. The molecular formula is C17H14FIN-. The Morgan fingerprint density at radius 1 is 1.05 bits per heavy atom. The van der Waals surface area contributed by atoms with Crippen molar-refractivity contribution < 1.29 is 25.6 Å². The van der Waals surface area contributed by atoms with E-state index < -0.39 is 0 Å². The summed E-state index contributed by atoms with van der Waals surface area (Å²) in [6, 6.07) is 17.2. The number of halogens is 2. The maximum absolute atomic E-state index is 13.4. The van der Waals surface area contributed by atoms with Crippen LogP contribution in [0.25, 0.3) is 10.9 Å². The second kappa shape index (κ2) is 5.87. The van der Waals surface area contributed by atoms with Gasteiger partial charge in [0.15, 0.2) is 0 Å². The minimum absolute atomic E-state index is 0.0982. The van der Waals surface area contributed by atoms with E-state index in [4.69, 9.17) is 4.98 Å². The van der Waals surface area contributed by atoms with Crippen LogP contribution in [0.3, 0.4) is 0 Å². The zero-order valence-corrected chi connectivity index (χ0v) is 13.3. The molecule has 0 aliphatic heterocycles. The van der Waals surface area contributed by atoms with Crippen LogP contribution in [0.4, 0.5) is 4.39 Å². The van der Waals surface area contributed by atoms with E-state index in [9.17, 15) is 4.39 Å². The number of rotatable bonds is 3. The Labute approximate surface area is 128 Å². The molecule has 0 unspecified atom stereocenters. The van der Waals surface area contributed by atoms with Crippen LogP contribution in [0.2, 0.25) is 0 Å². The molecule has 0 fully saturated rings. The van der Waals surface area contributed by atoms with E-state index >= 15 is 0 Å². The molecule has 0 atom stereocenters. The summed E-state index contributed by atoms with van der Waals surface area (Å²) in [5.41, 5.74) is 3.38. The monoisotopic (exact) mass is 378 g/mol. The molecule has 0 spiro atoms. The number of hydrogen-bond donors (Lipinski definition) is 0. The van der Waals surface area contributed by atoms with Crippen molar-refractivity contribution in [1.29, 1.82) is 0 Å². The molecule has 0 saturated carbocycles. The summed E-state index contributed by atoms with van der Waals surface area (Å²) in [4.78, 5) is 6.93. The van der Waals surface area contributed by atoms with Crippen LogP contribution in [0.1, 0.15) is 11.1 Å². The molecule has 0 amide bonds. The summed E-state index contributed by atoms with van der Waals surface area (Å²) in [6.45, 7) is 0. The van der Waals surface area contributed by atoms with E-state index in [0.29, 0.717) is 0 Å². The second-order valence-electron chi connectivity index (χ2n) is 4.63. The van der Waals surface area contributed by atoms with Crippen molar-refractivity contribution in [2.75, 3.05) is 4.93 Å². The average Bonchev–Trinajstić information content (AvgIpc) is 2.47. The number of nitrogens with zero attached hydrogens (tertiary/aromatic N) is 1. The van der Waals surface area contributed by atoms with Crippen molar-refractivity contribution in [3.05, 3.63) is 75.2 Å². The normalized spacial score (nSPS) is 11.1. The van der Waals surface area contributed by atoms with Gasteiger partial charge >= 0.3 is 128 Å². The van der Waals surface area contributed by atoms with Crippen LogP contribution in [0, 0.1) is 9.52 Å². The molecule has 0 bridgehead atoms. The van der Waals surface area contributed by atoms with Crippen molar-refractivity contribution in [2.45, 2.75) is 6.42 Å². The van der Waals surface area contributed by atoms with Gasteiger partial charge in [0.2, 0.25) is 0 Å². The van der Waals surface area contributed by atoms with Gasteiger partial charge in [-0.25, -0.2) is 0 Å². The summed E-state index contributed by atoms with van der Waals surface area (Å²) in [5, 5.41) is 0.886. The molecule has 3 rings (SSSR count). The van der Waals surface area contributed by atoms with E-state index in [2.05, 4.69) is 23.1 Å². The predicted molar refractivity (Wildman–Crippen MR) is 75.6 cm³/mol. The Bertz CT molecular complexity index is 741. The first-order chi connectivity index (χ1) is 9.76. The van der Waals surface area contributed by atoms with Gasteiger partial charge in [0.05, 0.1) is 0 Å². The standard InChI is InChI=1S/C17H14FIN/c1-19-17-14(9-12-5-3-2-4-6-12)10-13-11-15(18)7-8-16(13)20-17/h2-8,10-11H,9H2,1H3/q-1. The molecular weight excluding hydrogens is 364 g/mol. The van der Waals surface area contributed by atoms with Gasteiger partial charge in [0, 0.05) is 0 Å². The first-order valence-corrected chi connectivity index (χ1v) is 9.62. The number of pyridine rings is 1. The van der Waals surface area contributed by atoms with Crippen molar-refractivity contribution in [3.8, 4) is 0 Å². The van der Waals surface area contributed by atoms with Gasteiger partial charge in [0.1, 0.15) is 0 Å². The predicted octanol–water partition coefficient (Wildman–Crippen LogP) is 0.853. The summed E-state index contributed by atoms with van der Waals surface area (Å²) in [6.07, 6.45) is 0.864. The van der Waals surface area contributed by atoms with E-state index in [1.54, 1.807) is 12.1 Å². The van der Waals surface area contributed by atoms with Crippen LogP contribution in [0.15, 0.2) is 54.6 Å². The van der Waals surface area contributed by atoms with E-state index in [1.165, 1.54) is 20.9 Å². The first-order valence-electron chi connectivity index (χ1n) is 6.39. The Morgan fingerprint density at radius 2 is 1.85 bits per heavy atom. The third-order valence-corrected chi connectivity index (χ3v) is 5.18. The third kappa shape index (κ3) is 2.82. The molecule has 0 N–H and O–H groups in total. The SMILES string of the molecule is C[I-]c1nc2ccc(F)cc2cc1Cc1ccccc1. The van der Waals surface area contributed by atoms with Gasteiger partial charge in [-0.15, -0.1) is 0 Å². The van der Waals surface area contributed by atoms with Gasteiger partial charge in [-0.1, -0.05) is 0 Å². The Morgan fingerprint density at radius 3 is 2.60 bits per heavy atom. The summed E-state index contributed by atoms with van der Waals surface area (Å²) >= 11 is -0.0982. The number of hydrogen-bond acceptors (Lipinski definition) is 1. The summed E-state index contributed by atoms with van der Waals surface area (Å²) < 4.78 is 14.6. The van der Waals surface area contributed by atoms with Gasteiger partial charge < -0.3 is 0 Å². The van der Waals surface area contributed by atoms with Crippen LogP contribution in [0.5, 0.6) is 0 Å². The van der Waals surface area contributed by atoms with Crippen LogP contribution >= 0.6 is 0 Å². The Kier molecular flexibility index (Phi) is 3.96. The molecule has 0 aliphatic rings. The molecule has 3 heteroatoms. The fraction of sp³-hybridized carbons (Fsp3) is 0.118. The Hall–Kier alpha value is -1.49. The number of alkyl halides is 1. The second-order valence-corrected chi connectivity index (χ2v) is 6.73. The summed E-state index contributed by atoms with van der Waals surface area (Å²) in [7, 11) is 0. The van der Waals surface area contributed by atoms with Gasteiger partial charge in [0.25, 0.3) is 0 Å². The minimum atomic E-state index is -0.205. The topological polar surface area (TPSA) is 12.9 Å². The molecule has 0 aliphatic carbocycles. The molecule has 2 aromatic carbocycles.